The first-order valence-electron chi connectivity index (χ1n) is 14.3. The van der Waals surface area contributed by atoms with Crippen LogP contribution in [0.5, 0.6) is 5.75 Å². The topological polar surface area (TPSA) is 130 Å². The Hall–Kier alpha value is -5.50. The molecule has 0 saturated carbocycles. The molecule has 10 nitrogen and oxygen atoms in total. The van der Waals surface area contributed by atoms with E-state index in [1.807, 2.05) is 0 Å². The van der Waals surface area contributed by atoms with Gasteiger partial charge in [-0.3, -0.25) is 9.59 Å². The van der Waals surface area contributed by atoms with Gasteiger partial charge in [0.25, 0.3) is 11.8 Å². The number of fused-ring (bicyclic) bond motifs is 1. The highest BCUT2D eigenvalue weighted by atomic mass is 19.4. The molecule has 3 aromatic carbocycles. The van der Waals surface area contributed by atoms with Crippen LogP contribution in [0.4, 0.5) is 29.2 Å². The number of pyridine rings is 1. The largest absolute Gasteiger partial charge is 0.482 e. The van der Waals surface area contributed by atoms with E-state index in [9.17, 15) is 32.3 Å². The second-order valence-electron chi connectivity index (χ2n) is 11.3. The highest BCUT2D eigenvalue weighted by Gasteiger charge is 2.29. The van der Waals surface area contributed by atoms with Crippen LogP contribution >= 0.6 is 0 Å². The van der Waals surface area contributed by atoms with Crippen molar-refractivity contribution in [3.8, 4) is 16.9 Å². The summed E-state index contributed by atoms with van der Waals surface area (Å²) in [6, 6.07) is 20.2. The molecular weight excluding hydrogens is 620 g/mol. The van der Waals surface area contributed by atoms with Crippen LogP contribution in [-0.4, -0.2) is 56.4 Å². The van der Waals surface area contributed by atoms with Crippen molar-refractivity contribution >= 4 is 29.1 Å². The molecule has 14 heteroatoms. The Morgan fingerprint density at radius 3 is 2.21 bits per heavy atom. The van der Waals surface area contributed by atoms with Crippen molar-refractivity contribution in [3.63, 3.8) is 0 Å². The van der Waals surface area contributed by atoms with Gasteiger partial charge in [0, 0.05) is 36.0 Å². The van der Waals surface area contributed by atoms with Crippen molar-refractivity contribution in [2.75, 3.05) is 18.5 Å². The smallest absolute Gasteiger partial charge is 0.422 e. The van der Waals surface area contributed by atoms with Crippen LogP contribution in [-0.2, 0) is 6.54 Å². The van der Waals surface area contributed by atoms with E-state index in [0.717, 1.165) is 22.8 Å². The van der Waals surface area contributed by atoms with Gasteiger partial charge in [-0.25, -0.2) is 8.91 Å². The number of amides is 2. The quantitative estimate of drug-likeness (QED) is 0.136. The molecule has 0 unspecified atom stereocenters. The third-order valence-corrected chi connectivity index (χ3v) is 6.74. The van der Waals surface area contributed by atoms with Crippen LogP contribution in [0, 0.1) is 5.82 Å². The maximum atomic E-state index is 13.1. The maximum Gasteiger partial charge on any atom is 0.422 e. The first-order valence-corrected chi connectivity index (χ1v) is 14.3. The van der Waals surface area contributed by atoms with Crippen LogP contribution in [0.25, 0.3) is 16.8 Å². The Morgan fingerprint density at radius 1 is 0.872 bits per heavy atom. The molecule has 0 fully saturated rings. The Bertz CT molecular complexity index is 1890. The van der Waals surface area contributed by atoms with Crippen molar-refractivity contribution < 1.29 is 37.0 Å². The fourth-order valence-electron chi connectivity index (χ4n) is 4.37. The Morgan fingerprint density at radius 2 is 1.53 bits per heavy atom. The number of benzene rings is 3. The van der Waals surface area contributed by atoms with E-state index in [1.165, 1.54) is 42.6 Å². The average Bonchev–Trinajstić information content (AvgIpc) is 3.43. The van der Waals surface area contributed by atoms with Crippen LogP contribution in [0.2, 0.25) is 0 Å². The van der Waals surface area contributed by atoms with Crippen molar-refractivity contribution in [3.05, 3.63) is 108 Å². The molecule has 5 aromatic rings. The monoisotopic (exact) mass is 650 g/mol. The summed E-state index contributed by atoms with van der Waals surface area (Å²) in [6.07, 6.45) is -2.92. The zero-order valence-electron chi connectivity index (χ0n) is 25.2. The molecule has 0 aliphatic rings. The Kier molecular flexibility index (Phi) is 9.42. The predicted octanol–water partition coefficient (Wildman–Crippen LogP) is 5.65. The summed E-state index contributed by atoms with van der Waals surface area (Å²) in [6.45, 7) is 1.59. The van der Waals surface area contributed by atoms with Gasteiger partial charge < -0.3 is 25.8 Å². The first-order chi connectivity index (χ1) is 22.2. The second-order valence-corrected chi connectivity index (χ2v) is 11.3. The molecule has 0 saturated heterocycles. The van der Waals surface area contributed by atoms with Gasteiger partial charge in [0.2, 0.25) is 5.95 Å². The summed E-state index contributed by atoms with van der Waals surface area (Å²) in [5, 5.41) is 22.4. The molecule has 0 aliphatic carbocycles. The fourth-order valence-corrected chi connectivity index (χ4v) is 4.37. The molecule has 2 heterocycles. The third-order valence-electron chi connectivity index (χ3n) is 6.74. The molecule has 4 N–H and O–H groups in total. The van der Waals surface area contributed by atoms with Gasteiger partial charge in [-0.2, -0.15) is 18.2 Å². The molecule has 47 heavy (non-hydrogen) atoms. The van der Waals surface area contributed by atoms with Gasteiger partial charge in [0.15, 0.2) is 12.3 Å². The molecule has 2 aromatic heterocycles. The van der Waals surface area contributed by atoms with Gasteiger partial charge in [-0.05, 0) is 79.6 Å². The average molecular weight is 651 g/mol. The molecule has 0 bridgehead atoms. The fraction of sp³-hybridized carbons (Fsp3) is 0.212. The lowest BCUT2D eigenvalue weighted by molar-refractivity contribution is -0.153. The molecule has 0 spiro atoms. The van der Waals surface area contributed by atoms with Crippen molar-refractivity contribution in [1.82, 2.24) is 25.2 Å². The highest BCUT2D eigenvalue weighted by Crippen LogP contribution is 2.30. The van der Waals surface area contributed by atoms with E-state index in [1.54, 1.807) is 54.7 Å². The third kappa shape index (κ3) is 9.04. The molecule has 5 rings (SSSR count). The molecular formula is C33H30F4N6O4. The number of nitrogens with one attached hydrogen (secondary N) is 3. The molecule has 0 atom stereocenters. The summed E-state index contributed by atoms with van der Waals surface area (Å²) in [7, 11) is 0. The molecule has 0 radical (unpaired) electrons. The summed E-state index contributed by atoms with van der Waals surface area (Å²) >= 11 is 0. The Balaban J connectivity index is 1.30. The first kappa shape index (κ1) is 32.9. The number of aliphatic hydroxyl groups is 1. The zero-order valence-corrected chi connectivity index (χ0v) is 25.2. The van der Waals surface area contributed by atoms with Crippen LogP contribution in [0.1, 0.15) is 40.1 Å². The maximum absolute atomic E-state index is 13.1. The van der Waals surface area contributed by atoms with Gasteiger partial charge in [0.05, 0.1) is 11.3 Å². The van der Waals surface area contributed by atoms with Crippen molar-refractivity contribution in [2.24, 2.45) is 0 Å². The van der Waals surface area contributed by atoms with E-state index in [4.69, 9.17) is 4.74 Å². The lowest BCUT2D eigenvalue weighted by Crippen LogP contribution is -2.38. The number of hydrogen-bond acceptors (Lipinski definition) is 7. The van der Waals surface area contributed by atoms with E-state index in [0.29, 0.717) is 11.2 Å². The lowest BCUT2D eigenvalue weighted by atomic mass is 10.1. The van der Waals surface area contributed by atoms with Crippen molar-refractivity contribution in [1.29, 1.82) is 0 Å². The molecule has 244 valence electrons. The van der Waals surface area contributed by atoms with Crippen LogP contribution < -0.4 is 20.7 Å². The van der Waals surface area contributed by atoms with E-state index in [2.05, 4.69) is 26.0 Å². The summed E-state index contributed by atoms with van der Waals surface area (Å²) in [5.41, 5.74) is 2.12. The minimum Gasteiger partial charge on any atom is -0.482 e. The number of halogens is 4. The minimum atomic E-state index is -4.62. The molecule has 0 aliphatic heterocycles. The van der Waals surface area contributed by atoms with E-state index in [-0.39, 0.29) is 47.8 Å². The van der Waals surface area contributed by atoms with E-state index < -0.39 is 24.3 Å². The van der Waals surface area contributed by atoms with Gasteiger partial charge >= 0.3 is 6.18 Å². The van der Waals surface area contributed by atoms with Crippen LogP contribution in [0.15, 0.2) is 85.1 Å². The van der Waals surface area contributed by atoms with Gasteiger partial charge in [-0.15, -0.1) is 5.10 Å². The summed E-state index contributed by atoms with van der Waals surface area (Å²) in [4.78, 5) is 29.5. The number of carbonyl (C=O) groups excluding carboxylic acids is 2. The number of carbonyl (C=O) groups is 2. The zero-order chi connectivity index (χ0) is 33.8. The summed E-state index contributed by atoms with van der Waals surface area (Å²) < 4.78 is 58.6. The number of aromatic nitrogens is 3. The Labute approximate surface area is 266 Å². The predicted molar refractivity (Wildman–Crippen MR) is 166 cm³/mol. The minimum absolute atomic E-state index is 0.0287. The highest BCUT2D eigenvalue weighted by molar-refractivity contribution is 5.95. The standard InChI is InChI=1S/C33H30F4N6O4/c1-32(2,46)18-39-30(45)23-9-13-26(27(15-23)47-19-33(35,36)37)40-31-41-28-14-10-24(17-43(28)42-31)21-5-7-22(8-6-21)29(44)38-16-20-3-11-25(34)12-4-20/h3-15,17,46H,16,18-19H2,1-2H3,(H,38,44)(H,39,45)(H,40,42). The van der Waals surface area contributed by atoms with Gasteiger partial charge in [-0.1, -0.05) is 24.3 Å². The van der Waals surface area contributed by atoms with Crippen molar-refractivity contribution in [2.45, 2.75) is 32.2 Å². The normalized spacial score (nSPS) is 11.7. The van der Waals surface area contributed by atoms with Gasteiger partial charge in [0.1, 0.15) is 11.6 Å². The second kappa shape index (κ2) is 13.5. The number of alkyl halides is 3. The lowest BCUT2D eigenvalue weighted by Gasteiger charge is -2.18. The number of ether oxygens (including phenoxy) is 1. The molecule has 2 amide bonds. The number of rotatable bonds is 11. The van der Waals surface area contributed by atoms with Crippen LogP contribution in [0.3, 0.4) is 0 Å². The van der Waals surface area contributed by atoms with E-state index >= 15 is 0 Å². The number of nitrogens with zero attached hydrogens (tertiary/aromatic N) is 3. The number of hydrogen-bond donors (Lipinski definition) is 4. The summed E-state index contributed by atoms with van der Waals surface area (Å²) in [5.74, 6) is -1.43. The number of anilines is 2. The SMILES string of the molecule is CC(C)(O)CNC(=O)c1ccc(Nc2nc3ccc(-c4ccc(C(=O)NCc5ccc(F)cc5)cc4)cn3n2)c(OCC(F)(F)F)c1.